The average Bonchev–Trinajstić information content (AvgIpc) is 3.04. The average molecular weight is 468 g/mol. The van der Waals surface area contributed by atoms with Crippen LogP contribution in [0.25, 0.3) is 5.69 Å². The molecular formula is C25H26ClN3O4. The number of aromatic nitrogens is 1. The molecule has 0 unspecified atom stereocenters. The number of hydrogen-bond donors (Lipinski definition) is 2. The number of amides is 1. The standard InChI is InChI=1S/C25H26ClN3O4/c1-5-18-8-15(2)9-21(11-18)33-14-24(30)28-27-13-19-10-16(3)29(17(19)4)20-6-7-22(25(31)32)23(26)12-20/h6-13H,5,14H2,1-4H3,(H,28,30)(H,31,32)/b27-13+. The van der Waals surface area contributed by atoms with Crippen molar-refractivity contribution in [3.8, 4) is 11.4 Å². The highest BCUT2D eigenvalue weighted by molar-refractivity contribution is 6.33. The number of carboxylic acids is 1. The molecule has 0 bridgehead atoms. The predicted molar refractivity (Wildman–Crippen MR) is 129 cm³/mol. The number of hydrazone groups is 1. The van der Waals surface area contributed by atoms with E-state index in [9.17, 15) is 9.59 Å². The first-order valence-corrected chi connectivity index (χ1v) is 10.8. The molecular weight excluding hydrogens is 442 g/mol. The number of halogens is 1. The molecule has 0 atom stereocenters. The van der Waals surface area contributed by atoms with Gasteiger partial charge in [-0.15, -0.1) is 0 Å². The molecule has 33 heavy (non-hydrogen) atoms. The third kappa shape index (κ3) is 5.81. The Labute approximate surface area is 197 Å². The monoisotopic (exact) mass is 467 g/mol. The number of ether oxygens (including phenoxy) is 1. The number of carbonyl (C=O) groups excluding carboxylic acids is 1. The van der Waals surface area contributed by atoms with Crippen molar-refractivity contribution in [2.75, 3.05) is 6.61 Å². The van der Waals surface area contributed by atoms with Crippen molar-refractivity contribution in [1.82, 2.24) is 9.99 Å². The first-order valence-electron chi connectivity index (χ1n) is 10.5. The number of carboxylic acid groups (broad SMARTS) is 1. The first kappa shape index (κ1) is 24.1. The molecule has 0 aliphatic carbocycles. The Kier molecular flexibility index (Phi) is 7.55. The zero-order valence-corrected chi connectivity index (χ0v) is 19.7. The molecule has 0 saturated heterocycles. The fraction of sp³-hybridized carbons (Fsp3) is 0.240. The minimum absolute atomic E-state index is 0.0474. The summed E-state index contributed by atoms with van der Waals surface area (Å²) in [4.78, 5) is 23.3. The summed E-state index contributed by atoms with van der Waals surface area (Å²) >= 11 is 6.12. The summed E-state index contributed by atoms with van der Waals surface area (Å²) in [6, 6.07) is 12.6. The van der Waals surface area contributed by atoms with Gasteiger partial charge in [0.05, 0.1) is 16.8 Å². The normalized spacial score (nSPS) is 11.1. The van der Waals surface area contributed by atoms with E-state index in [1.165, 1.54) is 6.07 Å². The van der Waals surface area contributed by atoms with Crippen LogP contribution in [0.4, 0.5) is 0 Å². The highest BCUT2D eigenvalue weighted by Crippen LogP contribution is 2.25. The van der Waals surface area contributed by atoms with E-state index >= 15 is 0 Å². The molecule has 1 amide bonds. The molecule has 0 spiro atoms. The van der Waals surface area contributed by atoms with Crippen molar-refractivity contribution in [3.63, 3.8) is 0 Å². The Morgan fingerprint density at radius 3 is 2.58 bits per heavy atom. The van der Waals surface area contributed by atoms with Gasteiger partial charge in [0.2, 0.25) is 0 Å². The van der Waals surface area contributed by atoms with Crippen molar-refractivity contribution in [2.45, 2.75) is 34.1 Å². The van der Waals surface area contributed by atoms with E-state index in [1.54, 1.807) is 18.3 Å². The minimum Gasteiger partial charge on any atom is -0.484 e. The van der Waals surface area contributed by atoms with Crippen LogP contribution >= 0.6 is 11.6 Å². The quantitative estimate of drug-likeness (QED) is 0.366. The summed E-state index contributed by atoms with van der Waals surface area (Å²) in [6.07, 6.45) is 2.45. The summed E-state index contributed by atoms with van der Waals surface area (Å²) in [5.41, 5.74) is 8.08. The van der Waals surface area contributed by atoms with Crippen LogP contribution in [0.2, 0.25) is 5.02 Å². The zero-order valence-electron chi connectivity index (χ0n) is 19.0. The van der Waals surface area contributed by atoms with Gasteiger partial charge in [-0.3, -0.25) is 4.79 Å². The van der Waals surface area contributed by atoms with Crippen LogP contribution in [-0.2, 0) is 11.2 Å². The number of nitrogens with one attached hydrogen (secondary N) is 1. The summed E-state index contributed by atoms with van der Waals surface area (Å²) < 4.78 is 7.53. The molecule has 0 radical (unpaired) electrons. The van der Waals surface area contributed by atoms with Crippen LogP contribution in [0.15, 0.2) is 47.6 Å². The molecule has 0 aliphatic heterocycles. The molecule has 1 aromatic heterocycles. The van der Waals surface area contributed by atoms with E-state index in [0.717, 1.165) is 40.2 Å². The van der Waals surface area contributed by atoms with Gasteiger partial charge in [-0.1, -0.05) is 24.6 Å². The van der Waals surface area contributed by atoms with Crippen molar-refractivity contribution < 1.29 is 19.4 Å². The topological polar surface area (TPSA) is 92.9 Å². The van der Waals surface area contributed by atoms with Crippen molar-refractivity contribution in [1.29, 1.82) is 0 Å². The molecule has 1 heterocycles. The maximum atomic E-state index is 12.1. The number of aromatic carboxylic acids is 1. The first-order chi connectivity index (χ1) is 15.7. The second-order valence-electron chi connectivity index (χ2n) is 7.72. The number of aryl methyl sites for hydroxylation is 3. The fourth-order valence-corrected chi connectivity index (χ4v) is 3.85. The van der Waals surface area contributed by atoms with Gasteiger partial charge in [0.1, 0.15) is 5.75 Å². The second-order valence-corrected chi connectivity index (χ2v) is 8.13. The van der Waals surface area contributed by atoms with Gasteiger partial charge in [-0.25, -0.2) is 10.2 Å². The zero-order chi connectivity index (χ0) is 24.1. The van der Waals surface area contributed by atoms with Gasteiger partial charge >= 0.3 is 5.97 Å². The lowest BCUT2D eigenvalue weighted by atomic mass is 10.1. The van der Waals surface area contributed by atoms with Crippen LogP contribution in [0.5, 0.6) is 5.75 Å². The van der Waals surface area contributed by atoms with E-state index in [4.69, 9.17) is 21.4 Å². The molecule has 8 heteroatoms. The smallest absolute Gasteiger partial charge is 0.337 e. The highest BCUT2D eigenvalue weighted by atomic mass is 35.5. The minimum atomic E-state index is -1.08. The lowest BCUT2D eigenvalue weighted by Gasteiger charge is -2.11. The SMILES string of the molecule is CCc1cc(C)cc(OCC(=O)N/N=C/c2cc(C)n(-c3ccc(C(=O)O)c(Cl)c3)c2C)c1. The summed E-state index contributed by atoms with van der Waals surface area (Å²) in [6.45, 7) is 7.73. The van der Waals surface area contributed by atoms with Crippen LogP contribution in [0.3, 0.4) is 0 Å². The van der Waals surface area contributed by atoms with E-state index in [1.807, 2.05) is 43.5 Å². The number of rotatable bonds is 8. The Hall–Kier alpha value is -3.58. The summed E-state index contributed by atoms with van der Waals surface area (Å²) in [5.74, 6) is -0.786. The van der Waals surface area contributed by atoms with E-state index in [-0.39, 0.29) is 23.1 Å². The Morgan fingerprint density at radius 2 is 1.91 bits per heavy atom. The molecule has 2 aromatic carbocycles. The van der Waals surface area contributed by atoms with E-state index in [0.29, 0.717) is 5.75 Å². The predicted octanol–water partition coefficient (Wildman–Crippen LogP) is 4.85. The molecule has 7 nitrogen and oxygen atoms in total. The lowest BCUT2D eigenvalue weighted by Crippen LogP contribution is -2.24. The van der Waals surface area contributed by atoms with Crippen LogP contribution < -0.4 is 10.2 Å². The third-order valence-electron chi connectivity index (χ3n) is 5.19. The largest absolute Gasteiger partial charge is 0.484 e. The van der Waals surface area contributed by atoms with Crippen molar-refractivity contribution in [2.24, 2.45) is 5.10 Å². The lowest BCUT2D eigenvalue weighted by molar-refractivity contribution is -0.123. The van der Waals surface area contributed by atoms with Gasteiger partial charge in [0.15, 0.2) is 6.61 Å². The van der Waals surface area contributed by atoms with Gasteiger partial charge < -0.3 is 14.4 Å². The Morgan fingerprint density at radius 1 is 1.15 bits per heavy atom. The van der Waals surface area contributed by atoms with Crippen LogP contribution in [0, 0.1) is 20.8 Å². The van der Waals surface area contributed by atoms with Gasteiger partial charge in [0.25, 0.3) is 5.91 Å². The maximum absolute atomic E-state index is 12.1. The van der Waals surface area contributed by atoms with E-state index in [2.05, 4.69) is 23.5 Å². The van der Waals surface area contributed by atoms with Gasteiger partial charge in [0, 0.05) is 22.6 Å². The highest BCUT2D eigenvalue weighted by Gasteiger charge is 2.14. The van der Waals surface area contributed by atoms with Crippen molar-refractivity contribution in [3.05, 3.63) is 81.1 Å². The molecule has 3 rings (SSSR count). The second kappa shape index (κ2) is 10.4. The molecule has 172 valence electrons. The maximum Gasteiger partial charge on any atom is 0.337 e. The number of benzene rings is 2. The number of hydrogen-bond acceptors (Lipinski definition) is 4. The van der Waals surface area contributed by atoms with E-state index < -0.39 is 5.97 Å². The number of nitrogens with zero attached hydrogens (tertiary/aromatic N) is 2. The molecule has 3 aromatic rings. The van der Waals surface area contributed by atoms with Crippen LogP contribution in [0.1, 0.15) is 45.4 Å². The Bertz CT molecular complexity index is 1230. The fourth-order valence-electron chi connectivity index (χ4n) is 3.60. The summed E-state index contributed by atoms with van der Waals surface area (Å²) in [7, 11) is 0. The summed E-state index contributed by atoms with van der Waals surface area (Å²) in [5, 5.41) is 13.4. The number of carbonyl (C=O) groups is 2. The molecule has 2 N–H and O–H groups in total. The molecule has 0 fully saturated rings. The van der Waals surface area contributed by atoms with Gasteiger partial charge in [-0.2, -0.15) is 5.10 Å². The van der Waals surface area contributed by atoms with Crippen LogP contribution in [-0.4, -0.2) is 34.4 Å². The van der Waals surface area contributed by atoms with Crippen molar-refractivity contribution >= 4 is 29.7 Å². The Balaban J connectivity index is 1.66. The third-order valence-corrected chi connectivity index (χ3v) is 5.51. The van der Waals surface area contributed by atoms with Gasteiger partial charge in [-0.05, 0) is 74.7 Å². The molecule has 0 aliphatic rings. The molecule has 0 saturated carbocycles.